The highest BCUT2D eigenvalue weighted by molar-refractivity contribution is 5.90. The molecule has 0 aliphatic heterocycles. The second-order valence-electron chi connectivity index (χ2n) is 8.96. The molecule has 2 fully saturated rings. The molecule has 2 saturated carbocycles. The normalized spacial score (nSPS) is 46.2. The van der Waals surface area contributed by atoms with Crippen molar-refractivity contribution >= 4 is 5.97 Å². The molecule has 2 nitrogen and oxygen atoms in total. The Morgan fingerprint density at radius 2 is 2.00 bits per heavy atom. The Hall–Kier alpha value is -1.05. The standard InChI is InChI=1S/C21H32O2/c1-6-19(2)12-13-20(3)15(14-19)10-11-21(4)16(18(22)23-5)8-7-9-17(20)21/h6,8,15,17H,1,7,9-14H2,2-5H3/t15-,17+,19-,20-,21-/m0/s1. The molecule has 0 N–H and O–H groups in total. The van der Waals surface area contributed by atoms with Crippen molar-refractivity contribution < 1.29 is 9.53 Å². The topological polar surface area (TPSA) is 26.3 Å². The quantitative estimate of drug-likeness (QED) is 0.511. The first-order chi connectivity index (χ1) is 10.8. The van der Waals surface area contributed by atoms with Crippen LogP contribution in [0.1, 0.15) is 65.7 Å². The van der Waals surface area contributed by atoms with E-state index in [0.717, 1.165) is 24.3 Å². The molecule has 2 heteroatoms. The molecular formula is C21H32O2. The Bertz CT molecular complexity index is 548. The van der Waals surface area contributed by atoms with Crippen LogP contribution in [0.2, 0.25) is 0 Å². The fourth-order valence-electron chi connectivity index (χ4n) is 6.13. The summed E-state index contributed by atoms with van der Waals surface area (Å²) in [6.07, 6.45) is 12.7. The highest BCUT2D eigenvalue weighted by Crippen LogP contribution is 2.66. The summed E-state index contributed by atoms with van der Waals surface area (Å²) in [5, 5.41) is 0. The summed E-state index contributed by atoms with van der Waals surface area (Å²) in [6.45, 7) is 11.3. The molecule has 23 heavy (non-hydrogen) atoms. The van der Waals surface area contributed by atoms with Crippen LogP contribution in [0.3, 0.4) is 0 Å². The van der Waals surface area contributed by atoms with Crippen LogP contribution in [0.5, 0.6) is 0 Å². The van der Waals surface area contributed by atoms with E-state index in [-0.39, 0.29) is 11.4 Å². The van der Waals surface area contributed by atoms with Gasteiger partial charge in [0.2, 0.25) is 0 Å². The van der Waals surface area contributed by atoms with Crippen molar-refractivity contribution in [2.24, 2.45) is 28.1 Å². The molecule has 0 amide bonds. The van der Waals surface area contributed by atoms with Crippen LogP contribution in [0.4, 0.5) is 0 Å². The van der Waals surface area contributed by atoms with Gasteiger partial charge >= 0.3 is 5.97 Å². The van der Waals surface area contributed by atoms with Crippen LogP contribution < -0.4 is 0 Å². The van der Waals surface area contributed by atoms with E-state index < -0.39 is 0 Å². The largest absolute Gasteiger partial charge is 0.466 e. The van der Waals surface area contributed by atoms with E-state index in [1.807, 2.05) is 0 Å². The number of allylic oxidation sites excluding steroid dienone is 2. The van der Waals surface area contributed by atoms with Crippen LogP contribution in [0.25, 0.3) is 0 Å². The molecule has 3 aliphatic carbocycles. The molecule has 0 bridgehead atoms. The second-order valence-corrected chi connectivity index (χ2v) is 8.96. The number of esters is 1. The van der Waals surface area contributed by atoms with E-state index in [1.165, 1.54) is 39.2 Å². The molecule has 3 rings (SSSR count). The third-order valence-electron chi connectivity index (χ3n) is 7.77. The maximum Gasteiger partial charge on any atom is 0.333 e. The smallest absolute Gasteiger partial charge is 0.333 e. The van der Waals surface area contributed by atoms with E-state index in [9.17, 15) is 4.79 Å². The van der Waals surface area contributed by atoms with Gasteiger partial charge < -0.3 is 4.74 Å². The van der Waals surface area contributed by atoms with Gasteiger partial charge in [0.25, 0.3) is 0 Å². The van der Waals surface area contributed by atoms with Gasteiger partial charge in [-0.05, 0) is 67.6 Å². The lowest BCUT2D eigenvalue weighted by Crippen LogP contribution is -2.54. The Kier molecular flexibility index (Phi) is 4.01. The zero-order valence-electron chi connectivity index (χ0n) is 15.3. The minimum Gasteiger partial charge on any atom is -0.466 e. The zero-order valence-corrected chi connectivity index (χ0v) is 15.3. The van der Waals surface area contributed by atoms with Crippen LogP contribution >= 0.6 is 0 Å². The molecule has 0 heterocycles. The van der Waals surface area contributed by atoms with Crippen LogP contribution in [0.15, 0.2) is 24.3 Å². The molecular weight excluding hydrogens is 284 g/mol. The second kappa shape index (κ2) is 5.50. The minimum absolute atomic E-state index is 0.00147. The van der Waals surface area contributed by atoms with Crippen molar-refractivity contribution in [1.29, 1.82) is 0 Å². The Labute approximate surface area is 141 Å². The van der Waals surface area contributed by atoms with Gasteiger partial charge in [0, 0.05) is 11.0 Å². The first-order valence-corrected chi connectivity index (χ1v) is 9.22. The summed E-state index contributed by atoms with van der Waals surface area (Å²) in [7, 11) is 1.51. The summed E-state index contributed by atoms with van der Waals surface area (Å²) in [4.78, 5) is 12.3. The molecule has 0 saturated heterocycles. The Balaban J connectivity index is 1.94. The van der Waals surface area contributed by atoms with Gasteiger partial charge in [0.05, 0.1) is 7.11 Å². The van der Waals surface area contributed by atoms with Gasteiger partial charge in [-0.1, -0.05) is 32.9 Å². The lowest BCUT2D eigenvalue weighted by molar-refractivity contribution is -0.142. The summed E-state index contributed by atoms with van der Waals surface area (Å²) in [5.41, 5.74) is 1.60. The minimum atomic E-state index is -0.106. The lowest BCUT2D eigenvalue weighted by Gasteiger charge is -2.62. The van der Waals surface area contributed by atoms with Gasteiger partial charge in [-0.3, -0.25) is 0 Å². The molecule has 0 aromatic carbocycles. The first kappa shape index (κ1) is 16.8. The number of methoxy groups -OCH3 is 1. The van der Waals surface area contributed by atoms with Crippen LogP contribution in [-0.4, -0.2) is 13.1 Å². The molecule has 0 aromatic heterocycles. The zero-order chi connectivity index (χ0) is 16.9. The number of ether oxygens (including phenoxy) is 1. The van der Waals surface area contributed by atoms with Crippen molar-refractivity contribution in [3.8, 4) is 0 Å². The molecule has 0 aromatic rings. The Morgan fingerprint density at radius 3 is 2.65 bits per heavy atom. The third-order valence-corrected chi connectivity index (χ3v) is 7.77. The lowest BCUT2D eigenvalue weighted by atomic mass is 9.43. The summed E-state index contributed by atoms with van der Waals surface area (Å²) in [6, 6.07) is 0. The average Bonchev–Trinajstić information content (AvgIpc) is 2.55. The number of carbonyl (C=O) groups excluding carboxylic acids is 1. The Morgan fingerprint density at radius 1 is 1.26 bits per heavy atom. The number of carbonyl (C=O) groups is 1. The molecule has 3 aliphatic rings. The van der Waals surface area contributed by atoms with Crippen molar-refractivity contribution in [3.63, 3.8) is 0 Å². The van der Waals surface area contributed by atoms with Crippen LogP contribution in [0, 0.1) is 28.1 Å². The highest BCUT2D eigenvalue weighted by Gasteiger charge is 2.58. The van der Waals surface area contributed by atoms with E-state index >= 15 is 0 Å². The third kappa shape index (κ3) is 2.40. The maximum atomic E-state index is 12.3. The molecule has 5 atom stereocenters. The number of hydrogen-bond acceptors (Lipinski definition) is 2. The first-order valence-electron chi connectivity index (χ1n) is 9.22. The van der Waals surface area contributed by atoms with Crippen molar-refractivity contribution in [2.75, 3.05) is 7.11 Å². The van der Waals surface area contributed by atoms with E-state index in [4.69, 9.17) is 4.74 Å². The predicted octanol–water partition coefficient (Wildman–Crippen LogP) is 5.29. The number of rotatable bonds is 2. The molecule has 128 valence electrons. The molecule has 0 radical (unpaired) electrons. The average molecular weight is 316 g/mol. The van der Waals surface area contributed by atoms with Crippen molar-refractivity contribution in [3.05, 3.63) is 24.3 Å². The van der Waals surface area contributed by atoms with Crippen molar-refractivity contribution in [2.45, 2.75) is 65.7 Å². The SMILES string of the molecule is C=C[C@@]1(C)CC[C@@]2(C)[C@@H](CC[C@@]3(C)C(C(=O)OC)=CCC[C@H]23)C1. The highest BCUT2D eigenvalue weighted by atomic mass is 16.5. The summed E-state index contributed by atoms with van der Waals surface area (Å²) < 4.78 is 5.10. The number of fused-ring (bicyclic) bond motifs is 3. The van der Waals surface area contributed by atoms with Crippen molar-refractivity contribution in [1.82, 2.24) is 0 Å². The predicted molar refractivity (Wildman–Crippen MR) is 93.9 cm³/mol. The van der Waals surface area contributed by atoms with E-state index in [0.29, 0.717) is 16.7 Å². The summed E-state index contributed by atoms with van der Waals surface area (Å²) in [5.74, 6) is 1.25. The van der Waals surface area contributed by atoms with Crippen LogP contribution in [-0.2, 0) is 9.53 Å². The van der Waals surface area contributed by atoms with Gasteiger partial charge in [0.15, 0.2) is 0 Å². The molecule has 0 spiro atoms. The maximum absolute atomic E-state index is 12.3. The monoisotopic (exact) mass is 316 g/mol. The fourth-order valence-corrected chi connectivity index (χ4v) is 6.13. The van der Waals surface area contributed by atoms with Gasteiger partial charge in [0.1, 0.15) is 0 Å². The van der Waals surface area contributed by atoms with Gasteiger partial charge in [-0.2, -0.15) is 0 Å². The van der Waals surface area contributed by atoms with E-state index in [1.54, 1.807) is 0 Å². The van der Waals surface area contributed by atoms with Gasteiger partial charge in [-0.25, -0.2) is 4.79 Å². The fraction of sp³-hybridized carbons (Fsp3) is 0.762. The summed E-state index contributed by atoms with van der Waals surface area (Å²) >= 11 is 0. The van der Waals surface area contributed by atoms with Gasteiger partial charge in [-0.15, -0.1) is 6.58 Å². The van der Waals surface area contributed by atoms with E-state index in [2.05, 4.69) is 39.5 Å². The number of hydrogen-bond donors (Lipinski definition) is 0. The molecule has 0 unspecified atom stereocenters.